The van der Waals surface area contributed by atoms with Crippen molar-refractivity contribution in [1.29, 1.82) is 0 Å². The summed E-state index contributed by atoms with van der Waals surface area (Å²) in [7, 11) is 0. The topological polar surface area (TPSA) is 66.4 Å². The number of carbonyl (C=O) groups excluding carboxylic acids is 1. The fourth-order valence-corrected chi connectivity index (χ4v) is 3.08. The Morgan fingerprint density at radius 1 is 1.35 bits per heavy atom. The molecule has 108 valence electrons. The van der Waals surface area contributed by atoms with E-state index in [9.17, 15) is 9.59 Å². The lowest BCUT2D eigenvalue weighted by molar-refractivity contribution is -0.143. The molecule has 1 aliphatic rings. The molecule has 1 aromatic carbocycles. The smallest absolute Gasteiger partial charge is 0.306 e. The Bertz CT molecular complexity index is 530. The molecular formula is C15H18BrNO3. The van der Waals surface area contributed by atoms with Gasteiger partial charge in [-0.1, -0.05) is 18.6 Å². The van der Waals surface area contributed by atoms with E-state index in [1.165, 1.54) is 0 Å². The lowest BCUT2D eigenvalue weighted by Gasteiger charge is -2.27. The Balaban J connectivity index is 2.04. The molecule has 0 aliphatic heterocycles. The number of halogens is 1. The number of carboxylic acid groups (broad SMARTS) is 1. The third-order valence-corrected chi connectivity index (χ3v) is 4.85. The fraction of sp³-hybridized carbons (Fsp3) is 0.467. The third-order valence-electron chi connectivity index (χ3n) is 3.80. The molecule has 2 atom stereocenters. The van der Waals surface area contributed by atoms with Crippen molar-refractivity contribution in [3.63, 3.8) is 0 Å². The molecule has 0 heterocycles. The van der Waals surface area contributed by atoms with Crippen LogP contribution in [-0.2, 0) is 4.79 Å². The van der Waals surface area contributed by atoms with Crippen LogP contribution < -0.4 is 5.32 Å². The summed E-state index contributed by atoms with van der Waals surface area (Å²) in [5.74, 6) is -1.24. The van der Waals surface area contributed by atoms with Gasteiger partial charge in [0, 0.05) is 10.5 Å². The van der Waals surface area contributed by atoms with Crippen LogP contribution in [0.4, 0.5) is 0 Å². The third kappa shape index (κ3) is 3.39. The molecule has 1 saturated carbocycles. The first-order valence-corrected chi connectivity index (χ1v) is 7.57. The molecule has 0 saturated heterocycles. The van der Waals surface area contributed by atoms with E-state index >= 15 is 0 Å². The molecular weight excluding hydrogens is 322 g/mol. The lowest BCUT2D eigenvalue weighted by Crippen LogP contribution is -2.40. The van der Waals surface area contributed by atoms with E-state index in [4.69, 9.17) is 5.11 Å². The average molecular weight is 340 g/mol. The summed E-state index contributed by atoms with van der Waals surface area (Å²) < 4.78 is 0.795. The van der Waals surface area contributed by atoms with Crippen molar-refractivity contribution in [3.05, 3.63) is 33.8 Å². The highest BCUT2D eigenvalue weighted by molar-refractivity contribution is 9.10. The van der Waals surface area contributed by atoms with Crippen LogP contribution in [0.15, 0.2) is 22.7 Å². The second-order valence-corrected chi connectivity index (χ2v) is 6.10. The fourth-order valence-electron chi connectivity index (χ4n) is 2.63. The molecule has 0 spiro atoms. The first kappa shape index (κ1) is 15.0. The van der Waals surface area contributed by atoms with Gasteiger partial charge in [0.15, 0.2) is 0 Å². The van der Waals surface area contributed by atoms with Crippen molar-refractivity contribution < 1.29 is 14.7 Å². The van der Waals surface area contributed by atoms with Crippen molar-refractivity contribution in [3.8, 4) is 0 Å². The zero-order valence-corrected chi connectivity index (χ0v) is 12.9. The Hall–Kier alpha value is -1.36. The number of nitrogens with one attached hydrogen (secondary N) is 1. The van der Waals surface area contributed by atoms with E-state index in [0.717, 1.165) is 22.9 Å². The zero-order valence-electron chi connectivity index (χ0n) is 11.4. The molecule has 0 radical (unpaired) electrons. The molecule has 2 N–H and O–H groups in total. The van der Waals surface area contributed by atoms with E-state index in [2.05, 4.69) is 21.2 Å². The number of benzene rings is 1. The maximum absolute atomic E-state index is 12.3. The molecule has 0 bridgehead atoms. The molecule has 0 aromatic heterocycles. The lowest BCUT2D eigenvalue weighted by atomic mass is 9.85. The Labute approximate surface area is 126 Å². The average Bonchev–Trinajstić information content (AvgIpc) is 2.42. The number of aryl methyl sites for hydroxylation is 1. The minimum Gasteiger partial charge on any atom is -0.481 e. The summed E-state index contributed by atoms with van der Waals surface area (Å²) in [4.78, 5) is 23.3. The van der Waals surface area contributed by atoms with Gasteiger partial charge in [-0.25, -0.2) is 0 Å². The minimum atomic E-state index is -0.763. The van der Waals surface area contributed by atoms with Gasteiger partial charge < -0.3 is 10.4 Å². The van der Waals surface area contributed by atoms with Crippen LogP contribution in [0.2, 0.25) is 0 Å². The summed E-state index contributed by atoms with van der Waals surface area (Å²) in [6, 6.07) is 5.49. The van der Waals surface area contributed by atoms with Crippen LogP contribution >= 0.6 is 15.9 Å². The van der Waals surface area contributed by atoms with E-state index in [-0.39, 0.29) is 17.9 Å². The molecule has 1 aromatic rings. The van der Waals surface area contributed by atoms with Gasteiger partial charge in [0.05, 0.1) is 11.5 Å². The van der Waals surface area contributed by atoms with Gasteiger partial charge in [-0.05, 0) is 53.7 Å². The van der Waals surface area contributed by atoms with E-state index in [0.29, 0.717) is 18.4 Å². The van der Waals surface area contributed by atoms with Crippen LogP contribution in [0.5, 0.6) is 0 Å². The summed E-state index contributed by atoms with van der Waals surface area (Å²) >= 11 is 3.43. The summed E-state index contributed by atoms with van der Waals surface area (Å²) in [6.07, 6.45) is 2.91. The van der Waals surface area contributed by atoms with Crippen molar-refractivity contribution in [2.75, 3.05) is 0 Å². The molecule has 2 unspecified atom stereocenters. The molecule has 20 heavy (non-hydrogen) atoms. The van der Waals surface area contributed by atoms with Crippen LogP contribution in [-0.4, -0.2) is 23.0 Å². The van der Waals surface area contributed by atoms with Crippen LogP contribution in [0, 0.1) is 12.8 Å². The SMILES string of the molecule is Cc1cccc(C(=O)NC2CCCC(C(=O)O)C2)c1Br. The monoisotopic (exact) mass is 339 g/mol. The summed E-state index contributed by atoms with van der Waals surface area (Å²) in [5.41, 5.74) is 1.60. The second kappa shape index (κ2) is 6.39. The number of rotatable bonds is 3. The van der Waals surface area contributed by atoms with Gasteiger partial charge in [-0.3, -0.25) is 9.59 Å². The summed E-state index contributed by atoms with van der Waals surface area (Å²) in [5, 5.41) is 12.0. The maximum atomic E-state index is 12.3. The van der Waals surface area contributed by atoms with Gasteiger partial charge in [-0.2, -0.15) is 0 Å². The largest absolute Gasteiger partial charge is 0.481 e. The van der Waals surface area contributed by atoms with Crippen LogP contribution in [0.1, 0.15) is 41.6 Å². The Morgan fingerprint density at radius 2 is 2.10 bits per heavy atom. The van der Waals surface area contributed by atoms with Crippen LogP contribution in [0.3, 0.4) is 0 Å². The van der Waals surface area contributed by atoms with Gasteiger partial charge >= 0.3 is 5.97 Å². The Morgan fingerprint density at radius 3 is 2.80 bits per heavy atom. The van der Waals surface area contributed by atoms with E-state index < -0.39 is 5.97 Å². The highest BCUT2D eigenvalue weighted by atomic mass is 79.9. The first-order valence-electron chi connectivity index (χ1n) is 6.78. The number of amides is 1. The quantitative estimate of drug-likeness (QED) is 0.888. The zero-order chi connectivity index (χ0) is 14.7. The molecule has 5 heteroatoms. The number of hydrogen-bond acceptors (Lipinski definition) is 2. The summed E-state index contributed by atoms with van der Waals surface area (Å²) in [6.45, 7) is 1.93. The van der Waals surface area contributed by atoms with Crippen molar-refractivity contribution in [2.24, 2.45) is 5.92 Å². The molecule has 2 rings (SSSR count). The molecule has 1 fully saturated rings. The number of aliphatic carboxylic acids is 1. The van der Waals surface area contributed by atoms with Gasteiger partial charge in [-0.15, -0.1) is 0 Å². The van der Waals surface area contributed by atoms with Gasteiger partial charge in [0.2, 0.25) is 0 Å². The molecule has 1 amide bonds. The normalized spacial score (nSPS) is 22.3. The van der Waals surface area contributed by atoms with Crippen molar-refractivity contribution >= 4 is 27.8 Å². The van der Waals surface area contributed by atoms with Crippen molar-refractivity contribution in [2.45, 2.75) is 38.6 Å². The van der Waals surface area contributed by atoms with E-state index in [1.807, 2.05) is 19.1 Å². The standard InChI is InChI=1S/C15H18BrNO3/c1-9-4-2-7-12(13(9)16)14(18)17-11-6-3-5-10(8-11)15(19)20/h2,4,7,10-11H,3,5-6,8H2,1H3,(H,17,18)(H,19,20). The van der Waals surface area contributed by atoms with Gasteiger partial charge in [0.1, 0.15) is 0 Å². The first-order chi connectivity index (χ1) is 9.49. The highest BCUT2D eigenvalue weighted by Crippen LogP contribution is 2.26. The van der Waals surface area contributed by atoms with E-state index in [1.54, 1.807) is 6.07 Å². The van der Waals surface area contributed by atoms with Crippen LogP contribution in [0.25, 0.3) is 0 Å². The molecule has 4 nitrogen and oxygen atoms in total. The van der Waals surface area contributed by atoms with Crippen molar-refractivity contribution in [1.82, 2.24) is 5.32 Å². The number of carboxylic acids is 1. The highest BCUT2D eigenvalue weighted by Gasteiger charge is 2.28. The Kier molecular flexibility index (Phi) is 4.81. The van der Waals surface area contributed by atoms with Gasteiger partial charge in [0.25, 0.3) is 5.91 Å². The predicted molar refractivity (Wildman–Crippen MR) is 79.7 cm³/mol. The maximum Gasteiger partial charge on any atom is 0.306 e. The minimum absolute atomic E-state index is 0.0511. The second-order valence-electron chi connectivity index (χ2n) is 5.31. The number of carbonyl (C=O) groups is 2. The number of hydrogen-bond donors (Lipinski definition) is 2. The predicted octanol–water partition coefficient (Wildman–Crippen LogP) is 3.13. The molecule has 1 aliphatic carbocycles.